The molecule has 1 aliphatic carbocycles. The van der Waals surface area contributed by atoms with Crippen LogP contribution in [-0.2, 0) is 0 Å². The lowest BCUT2D eigenvalue weighted by Crippen LogP contribution is -2.30. The quantitative estimate of drug-likeness (QED) is 0.806. The van der Waals surface area contributed by atoms with Crippen molar-refractivity contribution in [3.05, 3.63) is 18.5 Å². The minimum absolute atomic E-state index is 0.547. The van der Waals surface area contributed by atoms with Gasteiger partial charge in [0.1, 0.15) is 0 Å². The molecule has 82 valence electrons. The van der Waals surface area contributed by atoms with Crippen LogP contribution in [0.5, 0.6) is 0 Å². The lowest BCUT2D eigenvalue weighted by molar-refractivity contribution is 0.280. The van der Waals surface area contributed by atoms with Gasteiger partial charge in [-0.2, -0.15) is 0 Å². The van der Waals surface area contributed by atoms with Gasteiger partial charge >= 0.3 is 0 Å². The summed E-state index contributed by atoms with van der Waals surface area (Å²) in [5, 5.41) is 3.42. The van der Waals surface area contributed by atoms with Crippen LogP contribution in [0.1, 0.15) is 33.1 Å². The molecule has 0 aliphatic heterocycles. The summed E-state index contributed by atoms with van der Waals surface area (Å²) in [7, 11) is 0. The maximum absolute atomic E-state index is 4.20. The van der Waals surface area contributed by atoms with Gasteiger partial charge in [0, 0.05) is 18.4 Å². The molecule has 2 atom stereocenters. The molecule has 0 radical (unpaired) electrons. The van der Waals surface area contributed by atoms with E-state index >= 15 is 0 Å². The first-order valence-electron chi connectivity index (χ1n) is 5.77. The van der Waals surface area contributed by atoms with E-state index in [9.17, 15) is 0 Å². The number of rotatable bonds is 2. The Morgan fingerprint density at radius 3 is 2.27 bits per heavy atom. The van der Waals surface area contributed by atoms with Crippen LogP contribution in [0.4, 0.5) is 5.95 Å². The molecule has 1 saturated carbocycles. The van der Waals surface area contributed by atoms with Crippen LogP contribution in [0.3, 0.4) is 0 Å². The third-order valence-corrected chi connectivity index (χ3v) is 3.08. The first-order valence-corrected chi connectivity index (χ1v) is 5.77. The van der Waals surface area contributed by atoms with Gasteiger partial charge in [-0.05, 0) is 37.2 Å². The van der Waals surface area contributed by atoms with Crippen LogP contribution in [0.2, 0.25) is 0 Å². The van der Waals surface area contributed by atoms with Crippen molar-refractivity contribution in [3.8, 4) is 0 Å². The third-order valence-electron chi connectivity index (χ3n) is 3.08. The van der Waals surface area contributed by atoms with E-state index in [0.29, 0.717) is 6.04 Å². The largest absolute Gasteiger partial charge is 0.351 e. The highest BCUT2D eigenvalue weighted by molar-refractivity contribution is 5.24. The molecule has 0 amide bonds. The van der Waals surface area contributed by atoms with Crippen molar-refractivity contribution in [1.82, 2.24) is 9.97 Å². The second kappa shape index (κ2) is 4.60. The summed E-state index contributed by atoms with van der Waals surface area (Å²) < 4.78 is 0. The zero-order chi connectivity index (χ0) is 10.7. The average Bonchev–Trinajstić information content (AvgIpc) is 2.17. The summed E-state index contributed by atoms with van der Waals surface area (Å²) in [6, 6.07) is 2.39. The Kier molecular flexibility index (Phi) is 3.19. The lowest BCUT2D eigenvalue weighted by Gasteiger charge is -2.31. The average molecular weight is 205 g/mol. The Labute approximate surface area is 91.3 Å². The lowest BCUT2D eigenvalue weighted by atomic mass is 9.80. The summed E-state index contributed by atoms with van der Waals surface area (Å²) >= 11 is 0. The van der Waals surface area contributed by atoms with E-state index in [1.165, 1.54) is 19.3 Å². The Bertz CT molecular complexity index is 289. The Balaban J connectivity index is 1.94. The predicted octanol–water partition coefficient (Wildman–Crippen LogP) is 2.71. The highest BCUT2D eigenvalue weighted by Gasteiger charge is 2.23. The smallest absolute Gasteiger partial charge is 0.222 e. The zero-order valence-electron chi connectivity index (χ0n) is 9.48. The topological polar surface area (TPSA) is 37.8 Å². The number of hydrogen-bond acceptors (Lipinski definition) is 3. The van der Waals surface area contributed by atoms with Gasteiger partial charge in [0.25, 0.3) is 0 Å². The molecule has 3 nitrogen and oxygen atoms in total. The molecule has 0 aromatic carbocycles. The standard InChI is InChI=1S/C12H19N3/c1-9-6-10(2)8-11(7-9)15-12-13-4-3-5-14-12/h3-5,9-11H,6-8H2,1-2H3,(H,13,14,15). The predicted molar refractivity (Wildman–Crippen MR) is 61.6 cm³/mol. The van der Waals surface area contributed by atoms with E-state index in [-0.39, 0.29) is 0 Å². The monoisotopic (exact) mass is 205 g/mol. The first kappa shape index (κ1) is 10.4. The van der Waals surface area contributed by atoms with Crippen molar-refractivity contribution >= 4 is 5.95 Å². The van der Waals surface area contributed by atoms with Crippen molar-refractivity contribution < 1.29 is 0 Å². The van der Waals surface area contributed by atoms with E-state index < -0.39 is 0 Å². The molecule has 0 spiro atoms. The van der Waals surface area contributed by atoms with Gasteiger partial charge in [0.05, 0.1) is 0 Å². The molecule has 1 aromatic rings. The summed E-state index contributed by atoms with van der Waals surface area (Å²) in [6.45, 7) is 4.66. The fourth-order valence-electron chi connectivity index (χ4n) is 2.62. The molecule has 1 aromatic heterocycles. The minimum Gasteiger partial charge on any atom is -0.351 e. The van der Waals surface area contributed by atoms with Crippen molar-refractivity contribution in [2.45, 2.75) is 39.2 Å². The molecule has 1 N–H and O–H groups in total. The molecule has 2 rings (SSSR count). The van der Waals surface area contributed by atoms with Gasteiger partial charge in [-0.25, -0.2) is 9.97 Å². The summed E-state index contributed by atoms with van der Waals surface area (Å²) in [5.41, 5.74) is 0. The van der Waals surface area contributed by atoms with Gasteiger partial charge in [0.2, 0.25) is 5.95 Å². The molecule has 0 saturated heterocycles. The normalized spacial score (nSPS) is 31.2. The molecule has 1 aliphatic rings. The van der Waals surface area contributed by atoms with Crippen molar-refractivity contribution in [1.29, 1.82) is 0 Å². The number of anilines is 1. The zero-order valence-corrected chi connectivity index (χ0v) is 9.48. The van der Waals surface area contributed by atoms with E-state index in [0.717, 1.165) is 17.8 Å². The third kappa shape index (κ3) is 2.91. The highest BCUT2D eigenvalue weighted by Crippen LogP contribution is 2.29. The van der Waals surface area contributed by atoms with E-state index in [1.807, 2.05) is 6.07 Å². The SMILES string of the molecule is CC1CC(C)CC(Nc2ncccn2)C1. The van der Waals surface area contributed by atoms with Crippen LogP contribution in [0.15, 0.2) is 18.5 Å². The number of hydrogen-bond donors (Lipinski definition) is 1. The highest BCUT2D eigenvalue weighted by atomic mass is 15.1. The van der Waals surface area contributed by atoms with Crippen molar-refractivity contribution in [3.63, 3.8) is 0 Å². The first-order chi connectivity index (χ1) is 7.24. The fraction of sp³-hybridized carbons (Fsp3) is 0.667. The van der Waals surface area contributed by atoms with Crippen LogP contribution in [0, 0.1) is 11.8 Å². The van der Waals surface area contributed by atoms with E-state index in [4.69, 9.17) is 0 Å². The van der Waals surface area contributed by atoms with E-state index in [1.54, 1.807) is 12.4 Å². The van der Waals surface area contributed by atoms with Crippen molar-refractivity contribution in [2.75, 3.05) is 5.32 Å². The van der Waals surface area contributed by atoms with E-state index in [2.05, 4.69) is 29.1 Å². The summed E-state index contributed by atoms with van der Waals surface area (Å²) in [5.74, 6) is 2.40. The van der Waals surface area contributed by atoms with Crippen LogP contribution in [0.25, 0.3) is 0 Å². The molecular formula is C12H19N3. The van der Waals surface area contributed by atoms with Gasteiger partial charge in [0.15, 0.2) is 0 Å². The number of nitrogens with one attached hydrogen (secondary N) is 1. The second-order valence-electron chi connectivity index (χ2n) is 4.83. The molecule has 0 bridgehead atoms. The fourth-order valence-corrected chi connectivity index (χ4v) is 2.62. The Morgan fingerprint density at radius 1 is 1.07 bits per heavy atom. The summed E-state index contributed by atoms with van der Waals surface area (Å²) in [4.78, 5) is 8.40. The molecule has 1 heterocycles. The van der Waals surface area contributed by atoms with Gasteiger partial charge in [-0.3, -0.25) is 0 Å². The Morgan fingerprint density at radius 2 is 1.67 bits per heavy atom. The number of aromatic nitrogens is 2. The van der Waals surface area contributed by atoms with Gasteiger partial charge in [-0.15, -0.1) is 0 Å². The molecule has 2 unspecified atom stereocenters. The van der Waals surface area contributed by atoms with Crippen LogP contribution >= 0.6 is 0 Å². The molecule has 15 heavy (non-hydrogen) atoms. The number of nitrogens with zero attached hydrogens (tertiary/aromatic N) is 2. The molecule has 1 fully saturated rings. The summed E-state index contributed by atoms with van der Waals surface area (Å²) in [6.07, 6.45) is 7.40. The second-order valence-corrected chi connectivity index (χ2v) is 4.83. The maximum atomic E-state index is 4.20. The van der Waals surface area contributed by atoms with Gasteiger partial charge in [-0.1, -0.05) is 13.8 Å². The van der Waals surface area contributed by atoms with Gasteiger partial charge < -0.3 is 5.32 Å². The minimum atomic E-state index is 0.547. The van der Waals surface area contributed by atoms with Crippen LogP contribution in [-0.4, -0.2) is 16.0 Å². The molecular weight excluding hydrogens is 186 g/mol. The maximum Gasteiger partial charge on any atom is 0.222 e. The molecule has 3 heteroatoms. The Hall–Kier alpha value is -1.12. The van der Waals surface area contributed by atoms with Crippen LogP contribution < -0.4 is 5.32 Å². The van der Waals surface area contributed by atoms with Crippen molar-refractivity contribution in [2.24, 2.45) is 11.8 Å².